The van der Waals surface area contributed by atoms with Crippen LogP contribution < -0.4 is 0 Å². The molecule has 1 aromatic heterocycles. The third kappa shape index (κ3) is 2.40. The summed E-state index contributed by atoms with van der Waals surface area (Å²) >= 11 is 0. The van der Waals surface area contributed by atoms with E-state index in [4.69, 9.17) is 9.68 Å². The van der Waals surface area contributed by atoms with Crippen molar-refractivity contribution >= 4 is 0 Å². The van der Waals surface area contributed by atoms with E-state index in [1.54, 1.807) is 0 Å². The van der Waals surface area contributed by atoms with Gasteiger partial charge in [-0.1, -0.05) is 0 Å². The molecule has 0 aliphatic heterocycles. The fourth-order valence-corrected chi connectivity index (χ4v) is 1.86. The largest absolute Gasteiger partial charge is 0.465 e. The van der Waals surface area contributed by atoms with Gasteiger partial charge in [0.15, 0.2) is 0 Å². The Morgan fingerprint density at radius 1 is 1.53 bits per heavy atom. The first-order chi connectivity index (χ1) is 7.13. The standard InChI is InChI=1S/C12H16N2O/c1-10-3-4-11(15-10)7-14(2)9-12(8-13)5-6-12/h3-4H,5-7,9H2,1-2H3. The number of hydrogen-bond donors (Lipinski definition) is 0. The Balaban J connectivity index is 1.88. The lowest BCUT2D eigenvalue weighted by Gasteiger charge is -2.17. The predicted octanol–water partition coefficient (Wildman–Crippen LogP) is 2.32. The van der Waals surface area contributed by atoms with E-state index in [0.29, 0.717) is 0 Å². The molecule has 0 amide bonds. The first kappa shape index (κ1) is 10.3. The molecule has 2 rings (SSSR count). The topological polar surface area (TPSA) is 40.2 Å². The first-order valence-corrected chi connectivity index (χ1v) is 5.29. The van der Waals surface area contributed by atoms with Gasteiger partial charge in [-0.2, -0.15) is 5.26 Å². The Labute approximate surface area is 90.3 Å². The van der Waals surface area contributed by atoms with Crippen molar-refractivity contribution in [2.24, 2.45) is 5.41 Å². The van der Waals surface area contributed by atoms with Crippen molar-refractivity contribution in [2.45, 2.75) is 26.3 Å². The quantitative estimate of drug-likeness (QED) is 0.755. The van der Waals surface area contributed by atoms with Gasteiger partial charge < -0.3 is 4.42 Å². The summed E-state index contributed by atoms with van der Waals surface area (Å²) in [4.78, 5) is 2.16. The summed E-state index contributed by atoms with van der Waals surface area (Å²) in [5, 5.41) is 8.98. The Morgan fingerprint density at radius 2 is 2.27 bits per heavy atom. The average Bonchev–Trinajstić information content (AvgIpc) is 2.84. The molecule has 0 N–H and O–H groups in total. The Bertz CT molecular complexity index is 385. The second-order valence-corrected chi connectivity index (χ2v) is 4.58. The average molecular weight is 204 g/mol. The molecule has 1 saturated carbocycles. The van der Waals surface area contributed by atoms with Crippen molar-refractivity contribution in [3.05, 3.63) is 23.7 Å². The minimum atomic E-state index is -0.0591. The second kappa shape index (κ2) is 3.71. The normalized spacial score (nSPS) is 17.7. The summed E-state index contributed by atoms with van der Waals surface area (Å²) < 4.78 is 5.50. The highest BCUT2D eigenvalue weighted by Gasteiger charge is 2.43. The fourth-order valence-electron chi connectivity index (χ4n) is 1.86. The van der Waals surface area contributed by atoms with E-state index in [0.717, 1.165) is 37.5 Å². The van der Waals surface area contributed by atoms with Crippen LogP contribution in [0.15, 0.2) is 16.5 Å². The van der Waals surface area contributed by atoms with Gasteiger partial charge in [0.1, 0.15) is 11.5 Å². The smallest absolute Gasteiger partial charge is 0.118 e. The summed E-state index contributed by atoms with van der Waals surface area (Å²) in [5.41, 5.74) is -0.0591. The highest BCUT2D eigenvalue weighted by atomic mass is 16.3. The van der Waals surface area contributed by atoms with Gasteiger partial charge in [0.05, 0.1) is 18.0 Å². The Morgan fingerprint density at radius 3 is 2.73 bits per heavy atom. The molecular weight excluding hydrogens is 188 g/mol. The molecule has 0 saturated heterocycles. The molecule has 80 valence electrons. The van der Waals surface area contributed by atoms with Crippen molar-refractivity contribution in [3.8, 4) is 6.07 Å². The van der Waals surface area contributed by atoms with Crippen LogP contribution in [0.5, 0.6) is 0 Å². The number of nitrogens with zero attached hydrogens (tertiary/aromatic N) is 2. The zero-order valence-corrected chi connectivity index (χ0v) is 9.29. The van der Waals surface area contributed by atoms with E-state index in [1.165, 1.54) is 0 Å². The second-order valence-electron chi connectivity index (χ2n) is 4.58. The lowest BCUT2D eigenvalue weighted by molar-refractivity contribution is 0.261. The zero-order valence-electron chi connectivity index (χ0n) is 9.29. The third-order valence-electron chi connectivity index (χ3n) is 2.89. The number of furan rings is 1. The summed E-state index contributed by atoms with van der Waals surface area (Å²) in [7, 11) is 2.04. The molecule has 1 fully saturated rings. The maximum Gasteiger partial charge on any atom is 0.118 e. The maximum atomic E-state index is 8.98. The number of rotatable bonds is 4. The Hall–Kier alpha value is -1.27. The molecule has 3 heteroatoms. The van der Waals surface area contributed by atoms with Crippen LogP contribution in [0.4, 0.5) is 0 Å². The summed E-state index contributed by atoms with van der Waals surface area (Å²) in [6, 6.07) is 6.37. The summed E-state index contributed by atoms with van der Waals surface area (Å²) in [6.45, 7) is 3.58. The van der Waals surface area contributed by atoms with Crippen LogP contribution in [0.2, 0.25) is 0 Å². The van der Waals surface area contributed by atoms with Crippen molar-refractivity contribution in [3.63, 3.8) is 0 Å². The van der Waals surface area contributed by atoms with Crippen LogP contribution in [0, 0.1) is 23.7 Å². The highest BCUT2D eigenvalue weighted by molar-refractivity contribution is 5.12. The van der Waals surface area contributed by atoms with E-state index in [1.807, 2.05) is 26.1 Å². The van der Waals surface area contributed by atoms with Gasteiger partial charge in [0.2, 0.25) is 0 Å². The number of nitriles is 1. The van der Waals surface area contributed by atoms with Gasteiger partial charge in [0.25, 0.3) is 0 Å². The maximum absolute atomic E-state index is 8.98. The Kier molecular flexibility index (Phi) is 2.54. The minimum Gasteiger partial charge on any atom is -0.465 e. The SMILES string of the molecule is Cc1ccc(CN(C)CC2(C#N)CC2)o1. The van der Waals surface area contributed by atoms with E-state index in [-0.39, 0.29) is 5.41 Å². The van der Waals surface area contributed by atoms with E-state index >= 15 is 0 Å². The zero-order chi connectivity index (χ0) is 10.9. The van der Waals surface area contributed by atoms with E-state index in [2.05, 4.69) is 11.0 Å². The lowest BCUT2D eigenvalue weighted by atomic mass is 10.1. The molecule has 3 nitrogen and oxygen atoms in total. The van der Waals surface area contributed by atoms with Crippen molar-refractivity contribution in [2.75, 3.05) is 13.6 Å². The molecule has 0 radical (unpaired) electrons. The van der Waals surface area contributed by atoms with Gasteiger partial charge in [-0.05, 0) is 38.9 Å². The molecule has 1 heterocycles. The molecule has 0 aromatic carbocycles. The molecule has 0 bridgehead atoms. The predicted molar refractivity (Wildman–Crippen MR) is 57.1 cm³/mol. The lowest BCUT2D eigenvalue weighted by Crippen LogP contribution is -2.25. The van der Waals surface area contributed by atoms with Gasteiger partial charge in [-0.15, -0.1) is 0 Å². The fraction of sp³-hybridized carbons (Fsp3) is 0.583. The van der Waals surface area contributed by atoms with Crippen molar-refractivity contribution < 1.29 is 4.42 Å². The molecule has 0 spiro atoms. The molecule has 0 atom stereocenters. The van der Waals surface area contributed by atoms with E-state index in [9.17, 15) is 0 Å². The molecule has 1 aliphatic rings. The van der Waals surface area contributed by atoms with Crippen molar-refractivity contribution in [1.29, 1.82) is 5.26 Å². The first-order valence-electron chi connectivity index (χ1n) is 5.29. The molecule has 15 heavy (non-hydrogen) atoms. The molecule has 1 aliphatic carbocycles. The molecule has 0 unspecified atom stereocenters. The van der Waals surface area contributed by atoms with Gasteiger partial charge in [0, 0.05) is 6.54 Å². The van der Waals surface area contributed by atoms with Gasteiger partial charge in [-0.3, -0.25) is 4.90 Å². The van der Waals surface area contributed by atoms with Crippen LogP contribution in [-0.2, 0) is 6.54 Å². The summed E-state index contributed by atoms with van der Waals surface area (Å²) in [6.07, 6.45) is 2.09. The number of hydrogen-bond acceptors (Lipinski definition) is 3. The highest BCUT2D eigenvalue weighted by Crippen LogP contribution is 2.45. The molecule has 1 aromatic rings. The van der Waals surface area contributed by atoms with E-state index < -0.39 is 0 Å². The van der Waals surface area contributed by atoms with Crippen LogP contribution in [0.3, 0.4) is 0 Å². The molecular formula is C12H16N2O. The monoisotopic (exact) mass is 204 g/mol. The van der Waals surface area contributed by atoms with Crippen LogP contribution in [0.25, 0.3) is 0 Å². The number of aryl methyl sites for hydroxylation is 1. The minimum absolute atomic E-state index is 0.0591. The van der Waals surface area contributed by atoms with Gasteiger partial charge >= 0.3 is 0 Å². The summed E-state index contributed by atoms with van der Waals surface area (Å²) in [5.74, 6) is 1.92. The van der Waals surface area contributed by atoms with Crippen molar-refractivity contribution in [1.82, 2.24) is 4.90 Å². The van der Waals surface area contributed by atoms with Crippen LogP contribution in [0.1, 0.15) is 24.4 Å². The van der Waals surface area contributed by atoms with Crippen LogP contribution >= 0.6 is 0 Å². The van der Waals surface area contributed by atoms with Crippen LogP contribution in [-0.4, -0.2) is 18.5 Å². The van der Waals surface area contributed by atoms with Gasteiger partial charge in [-0.25, -0.2) is 0 Å². The third-order valence-corrected chi connectivity index (χ3v) is 2.89.